The average molecular weight is 320 g/mol. The molecule has 0 aromatic carbocycles. The predicted octanol–water partition coefficient (Wildman–Crippen LogP) is 4.23. The lowest BCUT2D eigenvalue weighted by atomic mass is 9.41. The van der Waals surface area contributed by atoms with E-state index in [1.165, 1.54) is 19.3 Å². The number of hydrogen-bond acceptors (Lipinski definition) is 2. The van der Waals surface area contributed by atoms with E-state index >= 15 is 0 Å². The maximum absolute atomic E-state index is 12.1. The molecule has 1 spiro atoms. The van der Waals surface area contributed by atoms with Crippen LogP contribution in [-0.2, 0) is 4.79 Å². The van der Waals surface area contributed by atoms with Crippen molar-refractivity contribution in [1.29, 1.82) is 0 Å². The SMILES string of the molecule is C[C@@]12CCC[C@](C)(C(=O)O)[C@H]1CC[C@@]13C[C@@H](CC[C@H]12)[C@](C)(O)C3. The van der Waals surface area contributed by atoms with E-state index in [0.29, 0.717) is 17.8 Å². The minimum atomic E-state index is -0.587. The van der Waals surface area contributed by atoms with Crippen molar-refractivity contribution >= 4 is 5.97 Å². The second-order valence-corrected chi connectivity index (χ2v) is 10.1. The van der Waals surface area contributed by atoms with Crippen LogP contribution in [-0.4, -0.2) is 21.8 Å². The zero-order valence-electron chi connectivity index (χ0n) is 14.9. The zero-order valence-corrected chi connectivity index (χ0v) is 14.9. The first-order chi connectivity index (χ1) is 10.6. The van der Waals surface area contributed by atoms with Crippen molar-refractivity contribution < 1.29 is 15.0 Å². The topological polar surface area (TPSA) is 57.5 Å². The van der Waals surface area contributed by atoms with Crippen LogP contribution in [0.2, 0.25) is 0 Å². The highest BCUT2D eigenvalue weighted by Gasteiger charge is 2.67. The lowest BCUT2D eigenvalue weighted by Crippen LogP contribution is -2.58. The molecule has 3 heteroatoms. The maximum Gasteiger partial charge on any atom is 0.309 e. The quantitative estimate of drug-likeness (QED) is 0.760. The molecule has 2 N–H and O–H groups in total. The van der Waals surface area contributed by atoms with Crippen molar-refractivity contribution in [2.45, 2.75) is 84.2 Å². The Kier molecular flexibility index (Phi) is 3.14. The second kappa shape index (κ2) is 4.53. The van der Waals surface area contributed by atoms with Gasteiger partial charge in [0, 0.05) is 0 Å². The molecule has 0 saturated heterocycles. The van der Waals surface area contributed by atoms with E-state index < -0.39 is 17.0 Å². The lowest BCUT2D eigenvalue weighted by Gasteiger charge is -2.63. The third kappa shape index (κ3) is 1.89. The standard InChI is InChI=1S/C20H32O3/c1-17-8-4-9-18(2,16(21)22)14(17)7-10-20-11-13(5-6-15(17)20)19(3,23)12-20/h13-15,23H,4-12H2,1-3H3,(H,21,22)/t13-,14+,15+,17-,18+,19-,20+/m1/s1. The minimum Gasteiger partial charge on any atom is -0.481 e. The molecular weight excluding hydrogens is 288 g/mol. The Hall–Kier alpha value is -0.570. The van der Waals surface area contributed by atoms with Gasteiger partial charge >= 0.3 is 5.97 Å². The molecule has 0 aromatic rings. The summed E-state index contributed by atoms with van der Waals surface area (Å²) >= 11 is 0. The zero-order chi connectivity index (χ0) is 16.7. The van der Waals surface area contributed by atoms with Crippen molar-refractivity contribution in [3.05, 3.63) is 0 Å². The first-order valence-corrected chi connectivity index (χ1v) is 9.60. The van der Waals surface area contributed by atoms with Crippen LogP contribution in [0.5, 0.6) is 0 Å². The van der Waals surface area contributed by atoms with E-state index in [-0.39, 0.29) is 10.8 Å². The van der Waals surface area contributed by atoms with Crippen LogP contribution in [0.4, 0.5) is 0 Å². The van der Waals surface area contributed by atoms with Crippen LogP contribution in [0.3, 0.4) is 0 Å². The molecule has 0 amide bonds. The van der Waals surface area contributed by atoms with E-state index in [2.05, 4.69) is 6.92 Å². The summed E-state index contributed by atoms with van der Waals surface area (Å²) in [5, 5.41) is 20.8. The molecular formula is C20H32O3. The van der Waals surface area contributed by atoms with Crippen LogP contribution >= 0.6 is 0 Å². The van der Waals surface area contributed by atoms with Gasteiger partial charge in [-0.15, -0.1) is 0 Å². The van der Waals surface area contributed by atoms with Crippen LogP contribution < -0.4 is 0 Å². The molecule has 130 valence electrons. The number of fused-ring (bicyclic) bond motifs is 3. The molecule has 7 atom stereocenters. The van der Waals surface area contributed by atoms with E-state index in [1.807, 2.05) is 13.8 Å². The summed E-state index contributed by atoms with van der Waals surface area (Å²) in [4.78, 5) is 12.1. The van der Waals surface area contributed by atoms with Crippen molar-refractivity contribution in [2.24, 2.45) is 34.0 Å². The molecule has 4 saturated carbocycles. The third-order valence-corrected chi connectivity index (χ3v) is 8.98. The average Bonchev–Trinajstić information content (AvgIpc) is 2.63. The third-order valence-electron chi connectivity index (χ3n) is 8.98. The number of carboxylic acid groups (broad SMARTS) is 1. The summed E-state index contributed by atoms with van der Waals surface area (Å²) in [6.07, 6.45) is 9.68. The van der Waals surface area contributed by atoms with E-state index in [0.717, 1.165) is 38.5 Å². The molecule has 3 nitrogen and oxygen atoms in total. The second-order valence-electron chi connectivity index (χ2n) is 10.1. The number of hydrogen-bond donors (Lipinski definition) is 2. The van der Waals surface area contributed by atoms with Gasteiger partial charge in [0.15, 0.2) is 0 Å². The van der Waals surface area contributed by atoms with Crippen molar-refractivity contribution in [3.8, 4) is 0 Å². The van der Waals surface area contributed by atoms with Gasteiger partial charge in [0.05, 0.1) is 11.0 Å². The van der Waals surface area contributed by atoms with Gasteiger partial charge in [0.25, 0.3) is 0 Å². The number of aliphatic hydroxyl groups is 1. The molecule has 4 rings (SSSR count). The molecule has 0 aromatic heterocycles. The Bertz CT molecular complexity index is 541. The number of carboxylic acids is 1. The minimum absolute atomic E-state index is 0.148. The normalized spacial score (nSPS) is 58.3. The maximum atomic E-state index is 12.1. The molecule has 0 aliphatic heterocycles. The fraction of sp³-hybridized carbons (Fsp3) is 0.950. The number of rotatable bonds is 1. The Morgan fingerprint density at radius 1 is 1.00 bits per heavy atom. The summed E-state index contributed by atoms with van der Waals surface area (Å²) in [5.74, 6) is 0.793. The Balaban J connectivity index is 1.74. The van der Waals surface area contributed by atoms with Crippen molar-refractivity contribution in [1.82, 2.24) is 0 Å². The number of carbonyl (C=O) groups is 1. The highest BCUT2D eigenvalue weighted by Crippen LogP contribution is 2.72. The van der Waals surface area contributed by atoms with Crippen LogP contribution in [0.25, 0.3) is 0 Å². The Morgan fingerprint density at radius 3 is 2.43 bits per heavy atom. The van der Waals surface area contributed by atoms with Gasteiger partial charge in [-0.3, -0.25) is 4.79 Å². The van der Waals surface area contributed by atoms with Gasteiger partial charge < -0.3 is 10.2 Å². The summed E-state index contributed by atoms with van der Waals surface area (Å²) in [5.41, 5.74) is -0.612. The summed E-state index contributed by atoms with van der Waals surface area (Å²) in [6, 6.07) is 0. The predicted molar refractivity (Wildman–Crippen MR) is 88.9 cm³/mol. The van der Waals surface area contributed by atoms with Gasteiger partial charge in [-0.1, -0.05) is 13.3 Å². The first kappa shape index (κ1) is 15.9. The van der Waals surface area contributed by atoms with Gasteiger partial charge in [-0.2, -0.15) is 0 Å². The molecule has 0 unspecified atom stereocenters. The fourth-order valence-corrected chi connectivity index (χ4v) is 8.05. The van der Waals surface area contributed by atoms with E-state index in [4.69, 9.17) is 0 Å². The van der Waals surface area contributed by atoms with Crippen LogP contribution in [0.15, 0.2) is 0 Å². The smallest absolute Gasteiger partial charge is 0.309 e. The molecule has 4 aliphatic carbocycles. The van der Waals surface area contributed by atoms with Gasteiger partial charge in [0.2, 0.25) is 0 Å². The molecule has 23 heavy (non-hydrogen) atoms. The van der Waals surface area contributed by atoms with Gasteiger partial charge in [-0.05, 0) is 93.8 Å². The van der Waals surface area contributed by atoms with E-state index in [9.17, 15) is 15.0 Å². The molecule has 4 aliphatic rings. The fourth-order valence-electron chi connectivity index (χ4n) is 8.05. The van der Waals surface area contributed by atoms with Crippen LogP contribution in [0.1, 0.15) is 78.6 Å². The summed E-state index contributed by atoms with van der Waals surface area (Å²) in [7, 11) is 0. The molecule has 0 heterocycles. The van der Waals surface area contributed by atoms with E-state index in [1.54, 1.807) is 0 Å². The largest absolute Gasteiger partial charge is 0.481 e. The monoisotopic (exact) mass is 320 g/mol. The number of aliphatic carboxylic acids is 1. The van der Waals surface area contributed by atoms with Crippen molar-refractivity contribution in [3.63, 3.8) is 0 Å². The van der Waals surface area contributed by atoms with Crippen molar-refractivity contribution in [2.75, 3.05) is 0 Å². The summed E-state index contributed by atoms with van der Waals surface area (Å²) in [6.45, 7) is 6.45. The molecule has 2 bridgehead atoms. The molecule has 0 radical (unpaired) electrons. The lowest BCUT2D eigenvalue weighted by molar-refractivity contribution is -0.181. The highest BCUT2D eigenvalue weighted by molar-refractivity contribution is 5.75. The van der Waals surface area contributed by atoms with Crippen LogP contribution in [0, 0.1) is 34.0 Å². The Morgan fingerprint density at radius 2 is 1.74 bits per heavy atom. The highest BCUT2D eigenvalue weighted by atomic mass is 16.4. The molecule has 4 fully saturated rings. The first-order valence-electron chi connectivity index (χ1n) is 9.60. The summed E-state index contributed by atoms with van der Waals surface area (Å²) < 4.78 is 0. The Labute approximate surface area is 139 Å². The van der Waals surface area contributed by atoms with Gasteiger partial charge in [0.1, 0.15) is 0 Å². The van der Waals surface area contributed by atoms with Gasteiger partial charge in [-0.25, -0.2) is 0 Å².